The van der Waals surface area contributed by atoms with Crippen LogP contribution in [0.25, 0.3) is 0 Å². The van der Waals surface area contributed by atoms with Crippen molar-refractivity contribution in [2.45, 2.75) is 6.54 Å². The lowest BCUT2D eigenvalue weighted by Gasteiger charge is -2.09. The molecule has 0 aromatic carbocycles. The van der Waals surface area contributed by atoms with E-state index in [1.807, 2.05) is 17.5 Å². The van der Waals surface area contributed by atoms with Crippen LogP contribution in [0, 0.1) is 0 Å². The number of carbonyl (C=O) groups excluding carboxylic acids is 1. The van der Waals surface area contributed by atoms with E-state index in [-0.39, 0.29) is 0 Å². The molecule has 2 aromatic heterocycles. The van der Waals surface area contributed by atoms with Gasteiger partial charge in [-0.2, -0.15) is 0 Å². The fraction of sp³-hybridized carbons (Fsp3) is 0.167. The fourth-order valence-electron chi connectivity index (χ4n) is 1.49. The molecule has 0 aliphatic rings. The number of ether oxygens (including phenoxy) is 1. The third kappa shape index (κ3) is 2.60. The Bertz CT molecular complexity index is 540. The van der Waals surface area contributed by atoms with Crippen LogP contribution in [0.4, 0.5) is 11.5 Å². The predicted molar refractivity (Wildman–Crippen MR) is 71.6 cm³/mol. The van der Waals surface area contributed by atoms with E-state index in [1.165, 1.54) is 24.3 Å². The number of rotatable bonds is 4. The molecule has 0 atom stereocenters. The maximum atomic E-state index is 11.5. The van der Waals surface area contributed by atoms with Crippen molar-refractivity contribution in [1.82, 2.24) is 4.98 Å². The van der Waals surface area contributed by atoms with Crippen LogP contribution in [0.5, 0.6) is 0 Å². The lowest BCUT2D eigenvalue weighted by atomic mass is 10.2. The molecule has 2 aromatic rings. The van der Waals surface area contributed by atoms with Crippen molar-refractivity contribution in [2.75, 3.05) is 18.2 Å². The first-order valence-corrected chi connectivity index (χ1v) is 6.19. The average molecular weight is 263 g/mol. The van der Waals surface area contributed by atoms with Gasteiger partial charge in [0.2, 0.25) is 0 Å². The van der Waals surface area contributed by atoms with E-state index in [0.29, 0.717) is 23.6 Å². The highest BCUT2D eigenvalue weighted by molar-refractivity contribution is 7.09. The number of nitrogens with zero attached hydrogens (tertiary/aromatic N) is 1. The molecule has 0 radical (unpaired) electrons. The van der Waals surface area contributed by atoms with Gasteiger partial charge < -0.3 is 15.8 Å². The monoisotopic (exact) mass is 263 g/mol. The van der Waals surface area contributed by atoms with Gasteiger partial charge in [-0.25, -0.2) is 9.78 Å². The zero-order chi connectivity index (χ0) is 13.0. The second-order valence-corrected chi connectivity index (χ2v) is 4.58. The SMILES string of the molecule is COC(=O)c1ccnc(NCc2cccs2)c1N. The third-order valence-electron chi connectivity index (χ3n) is 2.41. The number of nitrogen functional groups attached to an aromatic ring is 1. The number of thiophene rings is 1. The summed E-state index contributed by atoms with van der Waals surface area (Å²) in [7, 11) is 1.32. The van der Waals surface area contributed by atoms with E-state index in [0.717, 1.165) is 0 Å². The third-order valence-corrected chi connectivity index (χ3v) is 3.28. The summed E-state index contributed by atoms with van der Waals surface area (Å²) in [5.74, 6) is 0.0281. The lowest BCUT2D eigenvalue weighted by molar-refractivity contribution is 0.0602. The van der Waals surface area contributed by atoms with Crippen molar-refractivity contribution >= 4 is 28.8 Å². The number of carbonyl (C=O) groups is 1. The number of anilines is 2. The Hall–Kier alpha value is -2.08. The van der Waals surface area contributed by atoms with Gasteiger partial charge in [-0.15, -0.1) is 11.3 Å². The number of hydrogen-bond acceptors (Lipinski definition) is 6. The molecule has 0 spiro atoms. The predicted octanol–water partition coefficient (Wildman–Crippen LogP) is 2.12. The van der Waals surface area contributed by atoms with Crippen LogP contribution < -0.4 is 11.1 Å². The quantitative estimate of drug-likeness (QED) is 0.826. The van der Waals surface area contributed by atoms with Gasteiger partial charge in [-0.1, -0.05) is 6.07 Å². The van der Waals surface area contributed by atoms with Gasteiger partial charge in [-0.3, -0.25) is 0 Å². The fourth-order valence-corrected chi connectivity index (χ4v) is 2.13. The normalized spacial score (nSPS) is 10.1. The van der Waals surface area contributed by atoms with E-state index < -0.39 is 5.97 Å². The molecule has 2 rings (SSSR count). The number of esters is 1. The van der Waals surface area contributed by atoms with Gasteiger partial charge in [0.15, 0.2) is 0 Å². The Morgan fingerprint density at radius 2 is 2.39 bits per heavy atom. The largest absolute Gasteiger partial charge is 0.465 e. The Morgan fingerprint density at radius 3 is 3.06 bits per heavy atom. The minimum atomic E-state index is -0.464. The smallest absolute Gasteiger partial charge is 0.340 e. The van der Waals surface area contributed by atoms with Crippen molar-refractivity contribution in [3.63, 3.8) is 0 Å². The molecular formula is C12H13N3O2S. The average Bonchev–Trinajstić information content (AvgIpc) is 2.90. The maximum Gasteiger partial charge on any atom is 0.340 e. The molecule has 0 unspecified atom stereocenters. The molecule has 2 heterocycles. The molecule has 94 valence electrons. The second kappa shape index (κ2) is 5.50. The number of nitrogens with two attached hydrogens (primary N) is 1. The summed E-state index contributed by atoms with van der Waals surface area (Å²) in [5, 5.41) is 5.10. The highest BCUT2D eigenvalue weighted by Crippen LogP contribution is 2.21. The number of nitrogens with one attached hydrogen (secondary N) is 1. The zero-order valence-corrected chi connectivity index (χ0v) is 10.7. The Labute approximate surface area is 109 Å². The van der Waals surface area contributed by atoms with Gasteiger partial charge in [0.05, 0.1) is 24.9 Å². The number of pyridine rings is 1. The molecule has 0 bridgehead atoms. The second-order valence-electron chi connectivity index (χ2n) is 3.55. The summed E-state index contributed by atoms with van der Waals surface area (Å²) < 4.78 is 4.65. The number of aromatic nitrogens is 1. The lowest BCUT2D eigenvalue weighted by Crippen LogP contribution is -2.10. The first-order valence-electron chi connectivity index (χ1n) is 5.31. The summed E-state index contributed by atoms with van der Waals surface area (Å²) in [5.41, 5.74) is 6.50. The minimum Gasteiger partial charge on any atom is -0.465 e. The topological polar surface area (TPSA) is 77.2 Å². The maximum absolute atomic E-state index is 11.5. The molecule has 5 nitrogen and oxygen atoms in total. The first-order chi connectivity index (χ1) is 8.72. The Kier molecular flexibility index (Phi) is 3.78. The summed E-state index contributed by atoms with van der Waals surface area (Å²) in [6.07, 6.45) is 1.53. The van der Waals surface area contributed by atoms with Crippen molar-refractivity contribution < 1.29 is 9.53 Å². The molecule has 18 heavy (non-hydrogen) atoms. The summed E-state index contributed by atoms with van der Waals surface area (Å²) in [6.45, 7) is 0.624. The van der Waals surface area contributed by atoms with Gasteiger partial charge in [0, 0.05) is 11.1 Å². The van der Waals surface area contributed by atoms with Crippen LogP contribution in [0.15, 0.2) is 29.8 Å². The summed E-state index contributed by atoms with van der Waals surface area (Å²) in [4.78, 5) is 16.7. The van der Waals surface area contributed by atoms with E-state index in [2.05, 4.69) is 15.0 Å². The van der Waals surface area contributed by atoms with E-state index in [4.69, 9.17) is 5.73 Å². The van der Waals surface area contributed by atoms with Gasteiger partial charge in [0.25, 0.3) is 0 Å². The molecule has 6 heteroatoms. The minimum absolute atomic E-state index is 0.306. The standard InChI is InChI=1S/C12H13N3O2S/c1-17-12(16)9-4-5-14-11(10(9)13)15-7-8-3-2-6-18-8/h2-6H,7,13H2,1H3,(H,14,15). The Balaban J connectivity index is 2.16. The van der Waals surface area contributed by atoms with Crippen LogP contribution in [0.1, 0.15) is 15.2 Å². The van der Waals surface area contributed by atoms with Crippen LogP contribution in [0.2, 0.25) is 0 Å². The zero-order valence-electron chi connectivity index (χ0n) is 9.84. The van der Waals surface area contributed by atoms with E-state index >= 15 is 0 Å². The van der Waals surface area contributed by atoms with Gasteiger partial charge in [-0.05, 0) is 17.5 Å². The highest BCUT2D eigenvalue weighted by atomic mass is 32.1. The van der Waals surface area contributed by atoms with Crippen LogP contribution in [-0.2, 0) is 11.3 Å². The van der Waals surface area contributed by atoms with E-state index in [1.54, 1.807) is 11.3 Å². The Morgan fingerprint density at radius 1 is 1.56 bits per heavy atom. The van der Waals surface area contributed by atoms with Crippen LogP contribution in [0.3, 0.4) is 0 Å². The summed E-state index contributed by atoms with van der Waals surface area (Å²) in [6, 6.07) is 5.53. The first kappa shape index (κ1) is 12.4. The van der Waals surface area contributed by atoms with Crippen molar-refractivity contribution in [3.05, 3.63) is 40.2 Å². The van der Waals surface area contributed by atoms with Crippen LogP contribution in [-0.4, -0.2) is 18.1 Å². The molecule has 0 saturated carbocycles. The van der Waals surface area contributed by atoms with Gasteiger partial charge in [0.1, 0.15) is 5.82 Å². The van der Waals surface area contributed by atoms with Crippen molar-refractivity contribution in [3.8, 4) is 0 Å². The van der Waals surface area contributed by atoms with E-state index in [9.17, 15) is 4.79 Å². The number of methoxy groups -OCH3 is 1. The molecular weight excluding hydrogens is 250 g/mol. The highest BCUT2D eigenvalue weighted by Gasteiger charge is 2.13. The van der Waals surface area contributed by atoms with Crippen molar-refractivity contribution in [2.24, 2.45) is 0 Å². The molecule has 3 N–H and O–H groups in total. The van der Waals surface area contributed by atoms with Gasteiger partial charge >= 0.3 is 5.97 Å². The molecule has 0 saturated heterocycles. The van der Waals surface area contributed by atoms with Crippen molar-refractivity contribution in [1.29, 1.82) is 0 Å². The summed E-state index contributed by atoms with van der Waals surface area (Å²) >= 11 is 1.64. The molecule has 0 fully saturated rings. The molecule has 0 aliphatic heterocycles. The molecule has 0 amide bonds. The van der Waals surface area contributed by atoms with Crippen LogP contribution >= 0.6 is 11.3 Å². The molecule has 0 aliphatic carbocycles. The number of hydrogen-bond donors (Lipinski definition) is 2.